The van der Waals surface area contributed by atoms with Crippen LogP contribution in [0, 0.1) is 5.41 Å². The maximum atomic E-state index is 13.1. The molecule has 2 heterocycles. The molecule has 0 spiro atoms. The molecule has 1 aromatic carbocycles. The fourth-order valence-corrected chi connectivity index (χ4v) is 5.61. The number of nitrogens with zero attached hydrogens (tertiary/aromatic N) is 3. The van der Waals surface area contributed by atoms with Crippen molar-refractivity contribution in [2.45, 2.75) is 44.9 Å². The summed E-state index contributed by atoms with van der Waals surface area (Å²) in [6.45, 7) is 7.01. The zero-order valence-electron chi connectivity index (χ0n) is 15.7. The van der Waals surface area contributed by atoms with E-state index in [4.69, 9.17) is 5.10 Å². The van der Waals surface area contributed by atoms with E-state index >= 15 is 0 Å². The fourth-order valence-electron chi connectivity index (χ4n) is 5.09. The van der Waals surface area contributed by atoms with Crippen LogP contribution in [0.1, 0.15) is 61.3 Å². The van der Waals surface area contributed by atoms with E-state index in [1.807, 2.05) is 28.3 Å². The molecule has 1 N–H and O–H groups in total. The van der Waals surface area contributed by atoms with Gasteiger partial charge < -0.3 is 0 Å². The number of carbonyl (C=O) groups excluding carboxylic acids is 1. The molecule has 0 aliphatic heterocycles. The molecule has 5 rings (SSSR count). The number of hydrogen-bond donors (Lipinski definition) is 1. The molecule has 27 heavy (non-hydrogen) atoms. The first-order valence-corrected chi connectivity index (χ1v) is 10.2. The molecule has 2 aliphatic carbocycles. The molecular weight excluding hydrogens is 356 g/mol. The lowest BCUT2D eigenvalue weighted by Crippen LogP contribution is -2.33. The lowest BCUT2D eigenvalue weighted by Gasteiger charge is -2.35. The summed E-state index contributed by atoms with van der Waals surface area (Å²) < 4.78 is 2.01. The highest BCUT2D eigenvalue weighted by molar-refractivity contribution is 7.13. The van der Waals surface area contributed by atoms with Crippen LogP contribution in [-0.4, -0.2) is 20.7 Å². The molecule has 0 saturated heterocycles. The van der Waals surface area contributed by atoms with Crippen molar-refractivity contribution in [2.75, 3.05) is 5.32 Å². The first-order chi connectivity index (χ1) is 12.9. The Kier molecular flexibility index (Phi) is 3.41. The van der Waals surface area contributed by atoms with E-state index in [9.17, 15) is 4.79 Å². The highest BCUT2D eigenvalue weighted by Crippen LogP contribution is 2.68. The van der Waals surface area contributed by atoms with Crippen LogP contribution in [0.3, 0.4) is 0 Å². The molecule has 0 unspecified atom stereocenters. The fraction of sp³-hybridized carbons (Fsp3) is 0.381. The predicted molar refractivity (Wildman–Crippen MR) is 107 cm³/mol. The Morgan fingerprint density at radius 2 is 2.04 bits per heavy atom. The van der Waals surface area contributed by atoms with Gasteiger partial charge in [-0.1, -0.05) is 39.0 Å². The minimum atomic E-state index is -0.164. The van der Waals surface area contributed by atoms with Crippen molar-refractivity contribution < 1.29 is 4.79 Å². The van der Waals surface area contributed by atoms with Crippen LogP contribution in [0.5, 0.6) is 0 Å². The van der Waals surface area contributed by atoms with Gasteiger partial charge in [-0.3, -0.25) is 10.1 Å². The Labute approximate surface area is 162 Å². The number of thiazole rings is 1. The van der Waals surface area contributed by atoms with Crippen molar-refractivity contribution in [3.8, 4) is 5.69 Å². The number of aromatic nitrogens is 3. The van der Waals surface area contributed by atoms with E-state index in [1.165, 1.54) is 17.0 Å². The zero-order valence-corrected chi connectivity index (χ0v) is 16.5. The number of nitrogens with one attached hydrogen (secondary N) is 1. The van der Waals surface area contributed by atoms with E-state index in [-0.39, 0.29) is 16.7 Å². The summed E-state index contributed by atoms with van der Waals surface area (Å²) in [6, 6.07) is 10.1. The van der Waals surface area contributed by atoms with Crippen molar-refractivity contribution in [3.63, 3.8) is 0 Å². The highest BCUT2D eigenvalue weighted by atomic mass is 32.1. The minimum absolute atomic E-state index is 0.00948. The Morgan fingerprint density at radius 1 is 1.26 bits per heavy atom. The van der Waals surface area contributed by atoms with Crippen molar-refractivity contribution in [2.24, 2.45) is 5.41 Å². The number of hydrogen-bond acceptors (Lipinski definition) is 4. The molecule has 1 amide bonds. The first-order valence-electron chi connectivity index (χ1n) is 9.33. The molecule has 3 aromatic rings. The van der Waals surface area contributed by atoms with Crippen LogP contribution in [0.2, 0.25) is 0 Å². The van der Waals surface area contributed by atoms with Crippen molar-refractivity contribution >= 4 is 22.4 Å². The van der Waals surface area contributed by atoms with E-state index in [0.29, 0.717) is 16.7 Å². The van der Waals surface area contributed by atoms with Gasteiger partial charge in [0, 0.05) is 22.6 Å². The zero-order chi connectivity index (χ0) is 18.8. The summed E-state index contributed by atoms with van der Waals surface area (Å²) >= 11 is 1.42. The van der Waals surface area contributed by atoms with Gasteiger partial charge in [0.25, 0.3) is 5.91 Å². The van der Waals surface area contributed by atoms with Gasteiger partial charge in [-0.2, -0.15) is 5.10 Å². The molecule has 2 atom stereocenters. The van der Waals surface area contributed by atoms with Gasteiger partial charge in [0.1, 0.15) is 0 Å². The predicted octanol–water partition coefficient (Wildman–Crippen LogP) is 4.76. The highest BCUT2D eigenvalue weighted by Gasteiger charge is 2.63. The summed E-state index contributed by atoms with van der Waals surface area (Å²) in [5, 5.41) is 10.2. The average Bonchev–Trinajstić information content (AvgIpc) is 3.37. The van der Waals surface area contributed by atoms with Gasteiger partial charge in [0.15, 0.2) is 10.8 Å². The minimum Gasteiger partial charge on any atom is -0.296 e. The summed E-state index contributed by atoms with van der Waals surface area (Å²) in [6.07, 6.45) is 3.93. The molecule has 2 aliphatic rings. The molecule has 1 saturated carbocycles. The summed E-state index contributed by atoms with van der Waals surface area (Å²) in [5.74, 6) is 0.190. The maximum Gasteiger partial charge on any atom is 0.278 e. The van der Waals surface area contributed by atoms with Crippen LogP contribution in [0.25, 0.3) is 5.69 Å². The summed E-state index contributed by atoms with van der Waals surface area (Å²) in [7, 11) is 0. The Balaban J connectivity index is 1.70. The van der Waals surface area contributed by atoms with Crippen LogP contribution < -0.4 is 5.32 Å². The number of fused-ring (bicyclic) bond motifs is 5. The average molecular weight is 379 g/mol. The largest absolute Gasteiger partial charge is 0.296 e. The number of carbonyl (C=O) groups is 1. The second-order valence-electron chi connectivity index (χ2n) is 8.29. The van der Waals surface area contributed by atoms with Crippen LogP contribution in [0.15, 0.2) is 41.9 Å². The monoisotopic (exact) mass is 378 g/mol. The number of benzene rings is 1. The third-order valence-electron chi connectivity index (χ3n) is 6.89. The van der Waals surface area contributed by atoms with E-state index < -0.39 is 0 Å². The Bertz CT molecular complexity index is 1020. The summed E-state index contributed by atoms with van der Waals surface area (Å²) in [5.41, 5.74) is 4.01. The van der Waals surface area contributed by atoms with Gasteiger partial charge in [-0.25, -0.2) is 9.67 Å². The second kappa shape index (κ2) is 5.52. The maximum absolute atomic E-state index is 13.1. The third-order valence-corrected chi connectivity index (χ3v) is 7.58. The number of para-hydroxylation sites is 1. The Hall–Kier alpha value is -2.47. The molecule has 2 bridgehead atoms. The van der Waals surface area contributed by atoms with E-state index in [1.54, 1.807) is 6.20 Å². The smallest absolute Gasteiger partial charge is 0.278 e. The number of rotatable bonds is 3. The summed E-state index contributed by atoms with van der Waals surface area (Å²) in [4.78, 5) is 17.3. The van der Waals surface area contributed by atoms with Crippen LogP contribution in [-0.2, 0) is 5.41 Å². The lowest BCUT2D eigenvalue weighted by molar-refractivity contribution is 0.101. The van der Waals surface area contributed by atoms with Crippen molar-refractivity contribution in [1.82, 2.24) is 14.8 Å². The van der Waals surface area contributed by atoms with Gasteiger partial charge in [-0.05, 0) is 36.3 Å². The van der Waals surface area contributed by atoms with Crippen LogP contribution in [0.4, 0.5) is 5.13 Å². The quantitative estimate of drug-likeness (QED) is 0.715. The third kappa shape index (κ3) is 2.13. The Morgan fingerprint density at radius 3 is 2.74 bits per heavy atom. The lowest BCUT2D eigenvalue weighted by atomic mass is 9.70. The molecule has 6 heteroatoms. The molecule has 0 radical (unpaired) electrons. The SMILES string of the molecule is CC1(C)[C@@H]2CC[C@@]1(C)c1c2c(C(=O)Nc2nccs2)nn1-c1ccccc1. The number of amides is 1. The number of anilines is 1. The first kappa shape index (κ1) is 16.7. The van der Waals surface area contributed by atoms with Gasteiger partial charge in [0.05, 0.1) is 11.4 Å². The van der Waals surface area contributed by atoms with E-state index in [2.05, 4.69) is 43.2 Å². The molecule has 1 fully saturated rings. The molecule has 2 aromatic heterocycles. The van der Waals surface area contributed by atoms with Crippen molar-refractivity contribution in [3.05, 3.63) is 58.9 Å². The molecule has 5 nitrogen and oxygen atoms in total. The van der Waals surface area contributed by atoms with E-state index in [0.717, 1.165) is 24.1 Å². The molecular formula is C21H22N4OS. The molecule has 138 valence electrons. The van der Waals surface area contributed by atoms with Crippen LogP contribution >= 0.6 is 11.3 Å². The van der Waals surface area contributed by atoms with Crippen molar-refractivity contribution in [1.29, 1.82) is 0 Å². The second-order valence-corrected chi connectivity index (χ2v) is 9.19. The van der Waals surface area contributed by atoms with Gasteiger partial charge in [-0.15, -0.1) is 11.3 Å². The van der Waals surface area contributed by atoms with Gasteiger partial charge >= 0.3 is 0 Å². The standard InChI is InChI=1S/C21H22N4OS/c1-20(2)14-9-10-21(20,3)17-15(14)16(18(26)23-19-22-11-12-27-19)24-25(17)13-7-5-4-6-8-13/h4-8,11-12,14H,9-10H2,1-3H3,(H,22,23,26)/t14-,21+/m1/s1. The normalized spacial score (nSPS) is 24.8. The topological polar surface area (TPSA) is 59.8 Å². The van der Waals surface area contributed by atoms with Gasteiger partial charge in [0.2, 0.25) is 0 Å².